The van der Waals surface area contributed by atoms with Crippen molar-refractivity contribution >= 4 is 45.9 Å². The fourth-order valence-corrected chi connectivity index (χ4v) is 4.87. The SMILES string of the molecule is C[C@H]1CC[C@@H](c2nc3cccc(Cl)c3c(=O)n2-c2ccccc2)N1c1cc(Cl)nc(N)n1. The zero-order valence-corrected chi connectivity index (χ0v) is 18.8. The van der Waals surface area contributed by atoms with Gasteiger partial charge in [-0.05, 0) is 44.0 Å². The van der Waals surface area contributed by atoms with Crippen LogP contribution in [0.5, 0.6) is 0 Å². The van der Waals surface area contributed by atoms with Crippen LogP contribution < -0.4 is 16.2 Å². The summed E-state index contributed by atoms with van der Waals surface area (Å²) in [5.74, 6) is 1.33. The Morgan fingerprint density at radius 3 is 2.53 bits per heavy atom. The zero-order valence-electron chi connectivity index (χ0n) is 17.2. The molecule has 0 aliphatic carbocycles. The fraction of sp³-hybridized carbons (Fsp3) is 0.217. The van der Waals surface area contributed by atoms with Gasteiger partial charge in [0, 0.05) is 12.1 Å². The molecule has 1 aliphatic rings. The molecule has 0 amide bonds. The summed E-state index contributed by atoms with van der Waals surface area (Å²) in [6.07, 6.45) is 1.68. The lowest BCUT2D eigenvalue weighted by Crippen LogP contribution is -2.35. The minimum atomic E-state index is -0.216. The molecule has 1 saturated heterocycles. The minimum Gasteiger partial charge on any atom is -0.368 e. The summed E-state index contributed by atoms with van der Waals surface area (Å²) in [4.78, 5) is 29.2. The van der Waals surface area contributed by atoms with Gasteiger partial charge in [0.25, 0.3) is 5.56 Å². The molecule has 2 atom stereocenters. The first-order valence-electron chi connectivity index (χ1n) is 10.3. The molecule has 1 aliphatic heterocycles. The maximum Gasteiger partial charge on any atom is 0.267 e. The highest BCUT2D eigenvalue weighted by Crippen LogP contribution is 2.40. The van der Waals surface area contributed by atoms with E-state index in [9.17, 15) is 4.79 Å². The Balaban J connectivity index is 1.78. The first-order chi connectivity index (χ1) is 15.4. The lowest BCUT2D eigenvalue weighted by atomic mass is 10.1. The predicted molar refractivity (Wildman–Crippen MR) is 128 cm³/mol. The number of fused-ring (bicyclic) bond motifs is 1. The summed E-state index contributed by atoms with van der Waals surface area (Å²) in [5, 5.41) is 1.04. The molecule has 1 fully saturated rings. The number of benzene rings is 2. The normalized spacial score (nSPS) is 18.4. The van der Waals surface area contributed by atoms with Crippen LogP contribution in [-0.4, -0.2) is 25.6 Å². The minimum absolute atomic E-state index is 0.101. The van der Waals surface area contributed by atoms with Gasteiger partial charge in [-0.2, -0.15) is 4.98 Å². The van der Waals surface area contributed by atoms with Crippen molar-refractivity contribution in [3.05, 3.63) is 81.0 Å². The molecule has 0 spiro atoms. The number of hydrogen-bond acceptors (Lipinski definition) is 6. The standard InChI is InChI=1S/C23H20Cl2N6O/c1-13-10-11-17(30(13)19-12-18(25)28-23(26)29-19)21-27-16-9-5-8-15(24)20(16)22(32)31(21)14-6-3-2-4-7-14/h2-9,12-13,17H,10-11H2,1H3,(H2,26,28,29)/t13-,17-/m0/s1. The summed E-state index contributed by atoms with van der Waals surface area (Å²) in [6.45, 7) is 2.11. The van der Waals surface area contributed by atoms with Gasteiger partial charge in [-0.3, -0.25) is 9.36 Å². The number of nitrogens with two attached hydrogens (primary N) is 1. The molecule has 2 aromatic carbocycles. The van der Waals surface area contributed by atoms with Crippen LogP contribution in [0.25, 0.3) is 16.6 Å². The van der Waals surface area contributed by atoms with Crippen molar-refractivity contribution in [2.45, 2.75) is 31.8 Å². The second-order valence-corrected chi connectivity index (χ2v) is 8.63. The molecular formula is C23H20Cl2N6O. The van der Waals surface area contributed by atoms with Crippen LogP contribution in [0.2, 0.25) is 10.2 Å². The summed E-state index contributed by atoms with van der Waals surface area (Å²) in [5.41, 5.74) is 6.95. The van der Waals surface area contributed by atoms with Crippen LogP contribution in [-0.2, 0) is 0 Å². The van der Waals surface area contributed by atoms with Gasteiger partial charge in [-0.1, -0.05) is 47.5 Å². The Morgan fingerprint density at radius 2 is 1.78 bits per heavy atom. The van der Waals surface area contributed by atoms with Crippen LogP contribution in [0.3, 0.4) is 0 Å². The van der Waals surface area contributed by atoms with E-state index < -0.39 is 0 Å². The smallest absolute Gasteiger partial charge is 0.267 e. The lowest BCUT2D eigenvalue weighted by molar-refractivity contribution is 0.616. The van der Waals surface area contributed by atoms with E-state index in [0.29, 0.717) is 27.6 Å². The molecule has 162 valence electrons. The Labute approximate surface area is 194 Å². The molecule has 0 radical (unpaired) electrons. The number of hydrogen-bond donors (Lipinski definition) is 1. The molecule has 32 heavy (non-hydrogen) atoms. The highest BCUT2D eigenvalue weighted by molar-refractivity contribution is 6.35. The predicted octanol–water partition coefficient (Wildman–Crippen LogP) is 4.79. The number of aromatic nitrogens is 4. The number of nitrogens with zero attached hydrogens (tertiary/aromatic N) is 5. The third-order valence-corrected chi connectivity index (χ3v) is 6.33. The van der Waals surface area contributed by atoms with E-state index in [1.54, 1.807) is 22.8 Å². The average Bonchev–Trinajstić information content (AvgIpc) is 3.14. The number of anilines is 2. The molecule has 0 saturated carbocycles. The maximum atomic E-state index is 13.7. The first-order valence-corrected chi connectivity index (χ1v) is 11.0. The van der Waals surface area contributed by atoms with Crippen molar-refractivity contribution < 1.29 is 0 Å². The summed E-state index contributed by atoms with van der Waals surface area (Å²) in [6, 6.07) is 16.4. The number of para-hydroxylation sites is 1. The molecule has 5 rings (SSSR count). The molecule has 9 heteroatoms. The highest BCUT2D eigenvalue weighted by Gasteiger charge is 2.36. The Morgan fingerprint density at radius 1 is 1.00 bits per heavy atom. The maximum absolute atomic E-state index is 13.7. The van der Waals surface area contributed by atoms with Crippen LogP contribution in [0.4, 0.5) is 11.8 Å². The number of nitrogen functional groups attached to an aromatic ring is 1. The van der Waals surface area contributed by atoms with Gasteiger partial charge in [-0.15, -0.1) is 0 Å². The van der Waals surface area contributed by atoms with Gasteiger partial charge in [0.05, 0.1) is 27.7 Å². The zero-order chi connectivity index (χ0) is 22.4. The third-order valence-electron chi connectivity index (χ3n) is 5.82. The lowest BCUT2D eigenvalue weighted by Gasteiger charge is -2.31. The van der Waals surface area contributed by atoms with E-state index in [0.717, 1.165) is 18.5 Å². The average molecular weight is 467 g/mol. The van der Waals surface area contributed by atoms with Crippen molar-refractivity contribution in [1.29, 1.82) is 0 Å². The van der Waals surface area contributed by atoms with Crippen molar-refractivity contribution in [1.82, 2.24) is 19.5 Å². The van der Waals surface area contributed by atoms with Gasteiger partial charge in [0.15, 0.2) is 0 Å². The third kappa shape index (κ3) is 3.47. The van der Waals surface area contributed by atoms with Gasteiger partial charge >= 0.3 is 0 Å². The van der Waals surface area contributed by atoms with Gasteiger partial charge in [0.2, 0.25) is 5.95 Å². The monoisotopic (exact) mass is 466 g/mol. The Hall–Kier alpha value is -3.16. The van der Waals surface area contributed by atoms with Crippen molar-refractivity contribution in [2.75, 3.05) is 10.6 Å². The Bertz CT molecular complexity index is 1350. The van der Waals surface area contributed by atoms with Crippen LogP contribution >= 0.6 is 23.2 Å². The van der Waals surface area contributed by atoms with E-state index >= 15 is 0 Å². The van der Waals surface area contributed by atoms with Gasteiger partial charge in [0.1, 0.15) is 16.8 Å². The van der Waals surface area contributed by atoms with E-state index in [-0.39, 0.29) is 28.7 Å². The molecule has 0 bridgehead atoms. The molecule has 7 nitrogen and oxygen atoms in total. The first kappa shape index (κ1) is 20.7. The van der Waals surface area contributed by atoms with Crippen molar-refractivity contribution in [3.63, 3.8) is 0 Å². The van der Waals surface area contributed by atoms with Crippen LogP contribution in [0.15, 0.2) is 59.4 Å². The fourth-order valence-electron chi connectivity index (χ4n) is 4.44. The van der Waals surface area contributed by atoms with E-state index in [1.165, 1.54) is 0 Å². The van der Waals surface area contributed by atoms with E-state index in [4.69, 9.17) is 33.9 Å². The topological polar surface area (TPSA) is 89.9 Å². The van der Waals surface area contributed by atoms with E-state index in [2.05, 4.69) is 21.8 Å². The van der Waals surface area contributed by atoms with Crippen molar-refractivity contribution in [2.24, 2.45) is 0 Å². The number of halogens is 2. The van der Waals surface area contributed by atoms with Gasteiger partial charge in [-0.25, -0.2) is 9.97 Å². The summed E-state index contributed by atoms with van der Waals surface area (Å²) < 4.78 is 1.65. The summed E-state index contributed by atoms with van der Waals surface area (Å²) in [7, 11) is 0. The van der Waals surface area contributed by atoms with Crippen LogP contribution in [0.1, 0.15) is 31.6 Å². The molecule has 4 aromatic rings. The molecule has 3 heterocycles. The molecule has 2 aromatic heterocycles. The number of rotatable bonds is 3. The van der Waals surface area contributed by atoms with Crippen LogP contribution in [0, 0.1) is 0 Å². The molecular weight excluding hydrogens is 447 g/mol. The summed E-state index contributed by atoms with van der Waals surface area (Å²) >= 11 is 12.6. The van der Waals surface area contributed by atoms with Crippen molar-refractivity contribution in [3.8, 4) is 5.69 Å². The molecule has 0 unspecified atom stereocenters. The molecule has 2 N–H and O–H groups in total. The quantitative estimate of drug-likeness (QED) is 0.436. The van der Waals surface area contributed by atoms with E-state index in [1.807, 2.05) is 36.4 Å². The second kappa shape index (κ2) is 8.07. The second-order valence-electron chi connectivity index (χ2n) is 7.84. The van der Waals surface area contributed by atoms with Gasteiger partial charge < -0.3 is 10.6 Å². The largest absolute Gasteiger partial charge is 0.368 e. The highest BCUT2D eigenvalue weighted by atomic mass is 35.5. The Kier molecular flexibility index (Phi) is 5.23.